The van der Waals surface area contributed by atoms with Crippen LogP contribution in [0.1, 0.15) is 68.3 Å². The van der Waals surface area contributed by atoms with Crippen LogP contribution in [0.5, 0.6) is 11.5 Å². The van der Waals surface area contributed by atoms with Gasteiger partial charge < -0.3 is 18.9 Å². The first-order valence-electron chi connectivity index (χ1n) is 12.9. The van der Waals surface area contributed by atoms with Crippen LogP contribution in [0.15, 0.2) is 72.8 Å². The zero-order valence-electron chi connectivity index (χ0n) is 22.5. The molecule has 0 aliphatic heterocycles. The molecular weight excluding hydrogens is 484 g/mol. The summed E-state index contributed by atoms with van der Waals surface area (Å²) < 4.78 is 21.6. The maximum atomic E-state index is 12.8. The lowest BCUT2D eigenvalue weighted by molar-refractivity contribution is -0.139. The maximum Gasteiger partial charge on any atom is 0.333 e. The van der Waals surface area contributed by atoms with E-state index < -0.39 is 0 Å². The van der Waals surface area contributed by atoms with Crippen molar-refractivity contribution in [3.63, 3.8) is 0 Å². The van der Waals surface area contributed by atoms with Crippen LogP contribution in [0.3, 0.4) is 0 Å². The van der Waals surface area contributed by atoms with Gasteiger partial charge in [0, 0.05) is 22.3 Å². The summed E-state index contributed by atoms with van der Waals surface area (Å²) in [6.07, 6.45) is 4.98. The van der Waals surface area contributed by atoms with Gasteiger partial charge >= 0.3 is 11.9 Å². The molecule has 2 rings (SSSR count). The lowest BCUT2D eigenvalue weighted by atomic mass is 10.0. The predicted molar refractivity (Wildman–Crippen MR) is 147 cm³/mol. The Morgan fingerprint density at radius 3 is 1.24 bits per heavy atom. The molecule has 0 spiro atoms. The molecule has 2 aromatic carbocycles. The van der Waals surface area contributed by atoms with E-state index in [0.29, 0.717) is 60.2 Å². The van der Waals surface area contributed by atoms with Crippen molar-refractivity contribution in [3.05, 3.63) is 84.0 Å². The van der Waals surface area contributed by atoms with Crippen molar-refractivity contribution >= 4 is 17.7 Å². The zero-order valence-corrected chi connectivity index (χ0v) is 22.5. The molecule has 0 amide bonds. The van der Waals surface area contributed by atoms with Crippen LogP contribution >= 0.6 is 0 Å². The molecule has 0 saturated carbocycles. The number of ketones is 1. The molecule has 0 heterocycles. The smallest absolute Gasteiger partial charge is 0.333 e. The van der Waals surface area contributed by atoms with Gasteiger partial charge in [0.15, 0.2) is 5.78 Å². The predicted octanol–water partition coefficient (Wildman–Crippen LogP) is 6.25. The summed E-state index contributed by atoms with van der Waals surface area (Å²) in [5.74, 6) is 0.617. The Morgan fingerprint density at radius 2 is 0.895 bits per heavy atom. The van der Waals surface area contributed by atoms with Crippen molar-refractivity contribution in [2.45, 2.75) is 52.4 Å². The first-order chi connectivity index (χ1) is 18.3. The fourth-order valence-corrected chi connectivity index (χ4v) is 3.29. The lowest BCUT2D eigenvalue weighted by Crippen LogP contribution is -2.06. The molecule has 2 aromatic rings. The molecule has 0 radical (unpaired) electrons. The van der Waals surface area contributed by atoms with Crippen molar-refractivity contribution in [2.24, 2.45) is 0 Å². The quantitative estimate of drug-likeness (QED) is 0.0989. The summed E-state index contributed by atoms with van der Waals surface area (Å²) in [6, 6.07) is 14.2. The summed E-state index contributed by atoms with van der Waals surface area (Å²) in [5.41, 5.74) is 1.97. The number of benzene rings is 2. The third-order valence-corrected chi connectivity index (χ3v) is 5.51. The molecule has 38 heavy (non-hydrogen) atoms. The second-order valence-corrected chi connectivity index (χ2v) is 9.03. The van der Waals surface area contributed by atoms with Crippen LogP contribution < -0.4 is 9.47 Å². The van der Waals surface area contributed by atoms with E-state index >= 15 is 0 Å². The fraction of sp³-hybridized carbons (Fsp3) is 0.387. The third-order valence-electron chi connectivity index (χ3n) is 5.51. The van der Waals surface area contributed by atoms with Gasteiger partial charge in [-0.2, -0.15) is 0 Å². The van der Waals surface area contributed by atoms with Gasteiger partial charge in [-0.15, -0.1) is 0 Å². The van der Waals surface area contributed by atoms with E-state index in [1.807, 2.05) is 0 Å². The minimum Gasteiger partial charge on any atom is -0.494 e. The first-order valence-corrected chi connectivity index (χ1v) is 12.9. The van der Waals surface area contributed by atoms with Crippen LogP contribution in [-0.2, 0) is 19.1 Å². The molecule has 0 aliphatic rings. The van der Waals surface area contributed by atoms with E-state index in [1.54, 1.807) is 62.4 Å². The normalized spacial score (nSPS) is 10.4. The minimum absolute atomic E-state index is 0.0725. The van der Waals surface area contributed by atoms with Crippen molar-refractivity contribution in [3.8, 4) is 11.5 Å². The highest BCUT2D eigenvalue weighted by atomic mass is 16.5. The van der Waals surface area contributed by atoms with Gasteiger partial charge in [-0.3, -0.25) is 4.79 Å². The maximum absolute atomic E-state index is 12.8. The van der Waals surface area contributed by atoms with Crippen molar-refractivity contribution in [1.82, 2.24) is 0 Å². The SMILES string of the molecule is C=C(C)C(=O)OCCCCCOc1ccc(C(=O)c2ccc(OCCCCCOC(=O)C(=C)C)cc2)cc1. The van der Waals surface area contributed by atoms with E-state index in [-0.39, 0.29) is 17.7 Å². The van der Waals surface area contributed by atoms with Crippen LogP contribution in [0, 0.1) is 0 Å². The average Bonchev–Trinajstić information content (AvgIpc) is 2.91. The number of hydrogen-bond acceptors (Lipinski definition) is 7. The topological polar surface area (TPSA) is 88.1 Å². The number of rotatable bonds is 18. The second kappa shape index (κ2) is 16.8. The van der Waals surface area contributed by atoms with Gasteiger partial charge in [-0.1, -0.05) is 13.2 Å². The Bertz CT molecular complexity index is 983. The van der Waals surface area contributed by atoms with Crippen LogP contribution in [0.4, 0.5) is 0 Å². The van der Waals surface area contributed by atoms with Gasteiger partial charge in [0.25, 0.3) is 0 Å². The Labute approximate surface area is 225 Å². The van der Waals surface area contributed by atoms with Gasteiger partial charge in [0.2, 0.25) is 0 Å². The summed E-state index contributed by atoms with van der Waals surface area (Å²) in [6.45, 7) is 12.2. The number of carbonyl (C=O) groups excluding carboxylic acids is 3. The highest BCUT2D eigenvalue weighted by Crippen LogP contribution is 2.19. The molecule has 7 heteroatoms. The Kier molecular flexibility index (Phi) is 13.4. The van der Waals surface area contributed by atoms with E-state index in [4.69, 9.17) is 18.9 Å². The molecule has 0 bridgehead atoms. The highest BCUT2D eigenvalue weighted by Gasteiger charge is 2.10. The number of ether oxygens (including phenoxy) is 4. The van der Waals surface area contributed by atoms with Gasteiger partial charge in [0.1, 0.15) is 11.5 Å². The first kappa shape index (κ1) is 30.4. The van der Waals surface area contributed by atoms with Gasteiger partial charge in [0.05, 0.1) is 26.4 Å². The highest BCUT2D eigenvalue weighted by molar-refractivity contribution is 6.09. The summed E-state index contributed by atoms with van der Waals surface area (Å²) in [4.78, 5) is 35.4. The number of esters is 2. The van der Waals surface area contributed by atoms with E-state index in [2.05, 4.69) is 13.2 Å². The fourth-order valence-electron chi connectivity index (χ4n) is 3.29. The second-order valence-electron chi connectivity index (χ2n) is 9.03. The monoisotopic (exact) mass is 522 g/mol. The van der Waals surface area contributed by atoms with E-state index in [9.17, 15) is 14.4 Å². The third kappa shape index (κ3) is 11.5. The number of hydrogen-bond donors (Lipinski definition) is 0. The van der Waals surface area contributed by atoms with Crippen molar-refractivity contribution < 1.29 is 33.3 Å². The van der Waals surface area contributed by atoms with Crippen LogP contribution in [-0.4, -0.2) is 44.1 Å². The lowest BCUT2D eigenvalue weighted by Gasteiger charge is -2.09. The molecule has 204 valence electrons. The Balaban J connectivity index is 1.64. The molecule has 0 aliphatic carbocycles. The molecule has 0 saturated heterocycles. The molecule has 0 N–H and O–H groups in total. The zero-order chi connectivity index (χ0) is 27.8. The molecule has 0 aromatic heterocycles. The van der Waals surface area contributed by atoms with Crippen LogP contribution in [0.2, 0.25) is 0 Å². The van der Waals surface area contributed by atoms with Gasteiger partial charge in [-0.05, 0) is 101 Å². The standard InChI is InChI=1S/C31H38O7/c1-23(2)30(33)37-21-9-5-7-19-35-27-15-11-25(12-16-27)29(32)26-13-17-28(18-14-26)36-20-8-6-10-22-38-31(34)24(3)4/h11-18H,1,3,5-10,19-22H2,2,4H3. The number of carbonyl (C=O) groups is 3. The number of unbranched alkanes of at least 4 members (excludes halogenated alkanes) is 4. The largest absolute Gasteiger partial charge is 0.494 e. The molecule has 0 fully saturated rings. The summed E-state index contributed by atoms with van der Waals surface area (Å²) in [5, 5.41) is 0. The van der Waals surface area contributed by atoms with E-state index in [0.717, 1.165) is 38.5 Å². The summed E-state index contributed by atoms with van der Waals surface area (Å²) >= 11 is 0. The van der Waals surface area contributed by atoms with E-state index in [1.165, 1.54) is 0 Å². The van der Waals surface area contributed by atoms with Crippen molar-refractivity contribution in [2.75, 3.05) is 26.4 Å². The Hall–Kier alpha value is -3.87. The summed E-state index contributed by atoms with van der Waals surface area (Å²) in [7, 11) is 0. The molecule has 7 nitrogen and oxygen atoms in total. The molecule has 0 atom stereocenters. The van der Waals surface area contributed by atoms with Crippen molar-refractivity contribution in [1.29, 1.82) is 0 Å². The average molecular weight is 523 g/mol. The van der Waals surface area contributed by atoms with Gasteiger partial charge in [-0.25, -0.2) is 9.59 Å². The van der Waals surface area contributed by atoms with Crippen LogP contribution in [0.25, 0.3) is 0 Å². The molecule has 0 unspecified atom stereocenters. The molecular formula is C31H38O7. The minimum atomic E-state index is -0.357. The Morgan fingerprint density at radius 1 is 0.553 bits per heavy atom.